The quantitative estimate of drug-likeness (QED) is 0.877. The van der Waals surface area contributed by atoms with Crippen molar-refractivity contribution in [2.45, 2.75) is 18.9 Å². The number of hydrogen-bond acceptors (Lipinski definition) is 3. The number of halogens is 1. The molecular formula is C13H16BrNO3. The van der Waals surface area contributed by atoms with Gasteiger partial charge in [-0.15, -0.1) is 0 Å². The minimum atomic E-state index is -0.888. The van der Waals surface area contributed by atoms with Crippen LogP contribution in [0.15, 0.2) is 22.7 Å². The van der Waals surface area contributed by atoms with Gasteiger partial charge in [0.1, 0.15) is 0 Å². The molecule has 0 spiro atoms. The van der Waals surface area contributed by atoms with E-state index in [2.05, 4.69) is 20.8 Å². The van der Waals surface area contributed by atoms with E-state index in [0.29, 0.717) is 18.2 Å². The lowest BCUT2D eigenvalue weighted by Gasteiger charge is -2.26. The Balaban J connectivity index is 2.32. The van der Waals surface area contributed by atoms with Gasteiger partial charge in [-0.1, -0.05) is 15.9 Å². The van der Waals surface area contributed by atoms with E-state index in [0.717, 1.165) is 29.5 Å². The molecule has 5 heteroatoms. The van der Waals surface area contributed by atoms with Crippen molar-refractivity contribution in [2.24, 2.45) is 0 Å². The molecule has 1 aliphatic carbocycles. The second-order valence-corrected chi connectivity index (χ2v) is 5.30. The van der Waals surface area contributed by atoms with Gasteiger partial charge in [0.25, 0.3) is 0 Å². The number of benzene rings is 1. The molecule has 0 radical (unpaired) electrons. The smallest absolute Gasteiger partial charge is 0.337 e. The number of carbonyl (C=O) groups is 1. The van der Waals surface area contributed by atoms with Gasteiger partial charge >= 0.3 is 5.97 Å². The second-order valence-electron chi connectivity index (χ2n) is 4.38. The van der Waals surface area contributed by atoms with E-state index in [1.54, 1.807) is 19.2 Å². The monoisotopic (exact) mass is 313 g/mol. The first-order chi connectivity index (χ1) is 8.63. The van der Waals surface area contributed by atoms with Crippen LogP contribution in [0, 0.1) is 0 Å². The Morgan fingerprint density at radius 3 is 2.83 bits per heavy atom. The van der Waals surface area contributed by atoms with Gasteiger partial charge < -0.3 is 14.7 Å². The van der Waals surface area contributed by atoms with E-state index in [1.165, 1.54) is 0 Å². The second kappa shape index (κ2) is 5.71. The molecule has 1 saturated carbocycles. The van der Waals surface area contributed by atoms with Gasteiger partial charge in [-0.05, 0) is 31.0 Å². The van der Waals surface area contributed by atoms with Crippen LogP contribution in [0.1, 0.15) is 23.2 Å². The van der Waals surface area contributed by atoms with Crippen LogP contribution >= 0.6 is 15.9 Å². The third-order valence-electron chi connectivity index (χ3n) is 3.02. The largest absolute Gasteiger partial charge is 0.478 e. The number of anilines is 1. The molecule has 0 heterocycles. The van der Waals surface area contributed by atoms with Crippen molar-refractivity contribution in [3.05, 3.63) is 28.2 Å². The molecule has 18 heavy (non-hydrogen) atoms. The van der Waals surface area contributed by atoms with Gasteiger partial charge in [-0.2, -0.15) is 0 Å². The summed E-state index contributed by atoms with van der Waals surface area (Å²) >= 11 is 3.40. The number of carboxylic acid groups (broad SMARTS) is 1. The molecule has 1 aromatic carbocycles. The van der Waals surface area contributed by atoms with E-state index in [1.807, 2.05) is 6.07 Å². The Bertz CT molecular complexity index is 446. The first-order valence-electron chi connectivity index (χ1n) is 5.92. The maximum absolute atomic E-state index is 11.3. The maximum atomic E-state index is 11.3. The highest BCUT2D eigenvalue weighted by atomic mass is 79.9. The summed E-state index contributed by atoms with van der Waals surface area (Å²) in [6.07, 6.45) is 2.24. The van der Waals surface area contributed by atoms with Crippen molar-refractivity contribution in [1.29, 1.82) is 0 Å². The fraction of sp³-hybridized carbons (Fsp3) is 0.462. The van der Waals surface area contributed by atoms with Crippen LogP contribution in [0.3, 0.4) is 0 Å². The average molecular weight is 314 g/mol. The molecule has 1 N–H and O–H groups in total. The third-order valence-corrected chi connectivity index (χ3v) is 3.52. The Labute approximate surface area is 115 Å². The molecule has 1 aromatic rings. The summed E-state index contributed by atoms with van der Waals surface area (Å²) in [4.78, 5) is 13.4. The molecule has 1 aliphatic rings. The summed E-state index contributed by atoms with van der Waals surface area (Å²) in [7, 11) is 1.66. The highest BCUT2D eigenvalue weighted by Crippen LogP contribution is 2.34. The molecule has 0 bridgehead atoms. The van der Waals surface area contributed by atoms with Gasteiger partial charge in [0.2, 0.25) is 0 Å². The van der Waals surface area contributed by atoms with Crippen molar-refractivity contribution < 1.29 is 14.6 Å². The molecular weight excluding hydrogens is 298 g/mol. The Morgan fingerprint density at radius 2 is 2.28 bits per heavy atom. The fourth-order valence-corrected chi connectivity index (χ4v) is 2.35. The lowest BCUT2D eigenvalue weighted by atomic mass is 10.1. The molecule has 0 unspecified atom stereocenters. The fourth-order valence-electron chi connectivity index (χ4n) is 2.00. The van der Waals surface area contributed by atoms with Crippen LogP contribution in [-0.4, -0.2) is 37.4 Å². The predicted octanol–water partition coefficient (Wildman–Crippen LogP) is 2.76. The van der Waals surface area contributed by atoms with E-state index in [9.17, 15) is 9.90 Å². The summed E-state index contributed by atoms with van der Waals surface area (Å²) < 4.78 is 6.00. The molecule has 0 aliphatic heterocycles. The van der Waals surface area contributed by atoms with Crippen molar-refractivity contribution in [3.8, 4) is 0 Å². The Kier molecular flexibility index (Phi) is 4.24. The molecule has 0 aromatic heterocycles. The normalized spacial score (nSPS) is 14.6. The standard InChI is InChI=1S/C13H16BrNO3/c1-18-7-6-15(10-3-4-10)12-8-9(14)2-5-11(12)13(16)17/h2,5,8,10H,3-4,6-7H2,1H3,(H,16,17). The highest BCUT2D eigenvalue weighted by molar-refractivity contribution is 9.10. The number of carboxylic acids is 1. The molecule has 1 fully saturated rings. The molecule has 0 amide bonds. The first kappa shape index (κ1) is 13.4. The number of nitrogens with zero attached hydrogens (tertiary/aromatic N) is 1. The van der Waals surface area contributed by atoms with Gasteiger partial charge in [0.05, 0.1) is 17.9 Å². The molecule has 4 nitrogen and oxygen atoms in total. The lowest BCUT2D eigenvalue weighted by molar-refractivity contribution is 0.0697. The topological polar surface area (TPSA) is 49.8 Å². The van der Waals surface area contributed by atoms with E-state index < -0.39 is 5.97 Å². The minimum absolute atomic E-state index is 0.348. The Hall–Kier alpha value is -1.07. The number of aromatic carboxylic acids is 1. The van der Waals surface area contributed by atoms with E-state index >= 15 is 0 Å². The minimum Gasteiger partial charge on any atom is -0.478 e. The zero-order valence-corrected chi connectivity index (χ0v) is 11.8. The number of hydrogen-bond donors (Lipinski definition) is 1. The zero-order chi connectivity index (χ0) is 13.1. The number of ether oxygens (including phenoxy) is 1. The van der Waals surface area contributed by atoms with Crippen LogP contribution < -0.4 is 4.90 Å². The lowest BCUT2D eigenvalue weighted by Crippen LogP contribution is -2.30. The van der Waals surface area contributed by atoms with Crippen LogP contribution in [0.25, 0.3) is 0 Å². The molecule has 0 saturated heterocycles. The van der Waals surface area contributed by atoms with Crippen molar-refractivity contribution >= 4 is 27.6 Å². The van der Waals surface area contributed by atoms with Crippen LogP contribution in [0.2, 0.25) is 0 Å². The summed E-state index contributed by atoms with van der Waals surface area (Å²) in [6.45, 7) is 1.32. The van der Waals surface area contributed by atoms with Gasteiger partial charge in [-0.25, -0.2) is 4.79 Å². The van der Waals surface area contributed by atoms with Crippen LogP contribution in [0.5, 0.6) is 0 Å². The molecule has 2 rings (SSSR count). The SMILES string of the molecule is COCCN(c1cc(Br)ccc1C(=O)O)C1CC1. The Morgan fingerprint density at radius 1 is 1.56 bits per heavy atom. The summed E-state index contributed by atoms with van der Waals surface area (Å²) in [6, 6.07) is 5.72. The number of rotatable bonds is 6. The van der Waals surface area contributed by atoms with Crippen molar-refractivity contribution in [2.75, 3.05) is 25.2 Å². The predicted molar refractivity (Wildman–Crippen MR) is 73.3 cm³/mol. The van der Waals surface area contributed by atoms with Crippen LogP contribution in [-0.2, 0) is 4.74 Å². The first-order valence-corrected chi connectivity index (χ1v) is 6.71. The number of methoxy groups -OCH3 is 1. The van der Waals surface area contributed by atoms with Gasteiger partial charge in [0, 0.05) is 24.2 Å². The van der Waals surface area contributed by atoms with Crippen molar-refractivity contribution in [1.82, 2.24) is 0 Å². The highest BCUT2D eigenvalue weighted by Gasteiger charge is 2.31. The summed E-state index contributed by atoms with van der Waals surface area (Å²) in [5.41, 5.74) is 1.12. The molecule has 98 valence electrons. The van der Waals surface area contributed by atoms with Gasteiger partial charge in [0.15, 0.2) is 0 Å². The van der Waals surface area contributed by atoms with E-state index in [4.69, 9.17) is 4.74 Å². The third kappa shape index (κ3) is 3.03. The summed E-state index contributed by atoms with van der Waals surface area (Å²) in [5.74, 6) is -0.888. The van der Waals surface area contributed by atoms with Crippen molar-refractivity contribution in [3.63, 3.8) is 0 Å². The van der Waals surface area contributed by atoms with E-state index in [-0.39, 0.29) is 0 Å². The zero-order valence-electron chi connectivity index (χ0n) is 10.2. The summed E-state index contributed by atoms with van der Waals surface area (Å²) in [5, 5.41) is 9.26. The van der Waals surface area contributed by atoms with Crippen LogP contribution in [0.4, 0.5) is 5.69 Å². The maximum Gasteiger partial charge on any atom is 0.337 e. The van der Waals surface area contributed by atoms with Gasteiger partial charge in [-0.3, -0.25) is 0 Å². The molecule has 0 atom stereocenters. The average Bonchev–Trinajstić information content (AvgIpc) is 3.13.